The van der Waals surface area contributed by atoms with Crippen LogP contribution >= 0.6 is 0 Å². The average molecular weight is 431 g/mol. The van der Waals surface area contributed by atoms with Crippen molar-refractivity contribution in [3.8, 4) is 0 Å². The Morgan fingerprint density at radius 2 is 1.97 bits per heavy atom. The number of amides is 2. The van der Waals surface area contributed by atoms with Crippen LogP contribution in [0, 0.1) is 5.82 Å². The monoisotopic (exact) mass is 430 g/mol. The Balaban J connectivity index is 1.83. The number of sulfonamides is 1. The molecule has 1 saturated heterocycles. The second-order valence-electron chi connectivity index (χ2n) is 7.29. The number of nitrogens with zero attached hydrogens (tertiary/aromatic N) is 2. The Morgan fingerprint density at radius 3 is 2.55 bits per heavy atom. The first-order valence-electron chi connectivity index (χ1n) is 9.81. The third-order valence-corrected chi connectivity index (χ3v) is 6.60. The maximum absolute atomic E-state index is 14.6. The van der Waals surface area contributed by atoms with Crippen LogP contribution in [0.5, 0.6) is 0 Å². The van der Waals surface area contributed by atoms with Gasteiger partial charge in [-0.3, -0.25) is 0 Å². The number of morpholine rings is 1. The molecule has 8 nitrogen and oxygen atoms in total. The van der Waals surface area contributed by atoms with Crippen molar-refractivity contribution in [1.29, 1.82) is 0 Å². The number of halogens is 1. The Kier molecular flexibility index (Phi) is 8.23. The summed E-state index contributed by atoms with van der Waals surface area (Å²) in [5.41, 5.74) is 0.835. The highest BCUT2D eigenvalue weighted by molar-refractivity contribution is 7.89. The maximum Gasteiger partial charge on any atom is 0.319 e. The Morgan fingerprint density at radius 1 is 1.31 bits per heavy atom. The molecule has 164 valence electrons. The van der Waals surface area contributed by atoms with Crippen molar-refractivity contribution >= 4 is 27.4 Å². The van der Waals surface area contributed by atoms with E-state index in [0.717, 1.165) is 0 Å². The van der Waals surface area contributed by atoms with Crippen molar-refractivity contribution < 1.29 is 22.3 Å². The summed E-state index contributed by atoms with van der Waals surface area (Å²) in [5.74, 6) is -0.364. The van der Waals surface area contributed by atoms with Crippen molar-refractivity contribution in [2.24, 2.45) is 0 Å². The van der Waals surface area contributed by atoms with Crippen LogP contribution in [0.3, 0.4) is 0 Å². The molecule has 29 heavy (non-hydrogen) atoms. The van der Waals surface area contributed by atoms with E-state index >= 15 is 0 Å². The van der Waals surface area contributed by atoms with Crippen molar-refractivity contribution in [3.63, 3.8) is 0 Å². The van der Waals surface area contributed by atoms with E-state index in [2.05, 4.69) is 10.6 Å². The molecule has 0 aromatic heterocycles. The minimum atomic E-state index is -3.22. The molecular weight excluding hydrogens is 399 g/mol. The fourth-order valence-corrected chi connectivity index (χ4v) is 4.10. The lowest BCUT2D eigenvalue weighted by molar-refractivity contribution is -0.00539. The summed E-state index contributed by atoms with van der Waals surface area (Å²) in [6.45, 7) is 7.33. The second kappa shape index (κ2) is 10.2. The molecule has 0 saturated carbocycles. The summed E-state index contributed by atoms with van der Waals surface area (Å²) in [7, 11) is -1.71. The number of benzene rings is 1. The molecule has 0 spiro atoms. The molecule has 0 bridgehead atoms. The van der Waals surface area contributed by atoms with Gasteiger partial charge in [0.05, 0.1) is 23.6 Å². The van der Waals surface area contributed by atoms with Gasteiger partial charge < -0.3 is 20.3 Å². The highest BCUT2D eigenvalue weighted by atomic mass is 32.2. The van der Waals surface area contributed by atoms with Crippen molar-refractivity contribution in [1.82, 2.24) is 9.62 Å². The van der Waals surface area contributed by atoms with Crippen LogP contribution in [-0.4, -0.2) is 69.9 Å². The van der Waals surface area contributed by atoms with Crippen molar-refractivity contribution in [2.75, 3.05) is 49.2 Å². The molecule has 1 aliphatic rings. The van der Waals surface area contributed by atoms with Crippen LogP contribution < -0.4 is 15.5 Å². The fourth-order valence-electron chi connectivity index (χ4n) is 3.25. The lowest BCUT2D eigenvalue weighted by Crippen LogP contribution is -2.45. The van der Waals surface area contributed by atoms with Gasteiger partial charge in [-0.15, -0.1) is 0 Å². The molecule has 2 atom stereocenters. The van der Waals surface area contributed by atoms with E-state index in [1.165, 1.54) is 17.4 Å². The van der Waals surface area contributed by atoms with E-state index in [4.69, 9.17) is 4.74 Å². The quantitative estimate of drug-likeness (QED) is 0.617. The van der Waals surface area contributed by atoms with Gasteiger partial charge in [-0.05, 0) is 45.4 Å². The first-order chi connectivity index (χ1) is 13.6. The minimum Gasteiger partial charge on any atom is -0.372 e. The van der Waals surface area contributed by atoms with E-state index in [9.17, 15) is 17.6 Å². The van der Waals surface area contributed by atoms with Crippen LogP contribution in [0.1, 0.15) is 27.2 Å². The predicted octanol–water partition coefficient (Wildman–Crippen LogP) is 2.23. The molecule has 1 aromatic carbocycles. The molecule has 0 radical (unpaired) electrons. The van der Waals surface area contributed by atoms with Gasteiger partial charge in [0.2, 0.25) is 10.0 Å². The fraction of sp³-hybridized carbons (Fsp3) is 0.632. The third-order valence-electron chi connectivity index (χ3n) is 4.74. The highest BCUT2D eigenvalue weighted by Crippen LogP contribution is 2.26. The maximum atomic E-state index is 14.6. The third kappa shape index (κ3) is 6.83. The number of hydrogen-bond acceptors (Lipinski definition) is 5. The summed E-state index contributed by atoms with van der Waals surface area (Å²) >= 11 is 0. The Bertz CT molecular complexity index is 795. The van der Waals surface area contributed by atoms with Gasteiger partial charge in [0.15, 0.2) is 0 Å². The van der Waals surface area contributed by atoms with Crippen LogP contribution in [0.25, 0.3) is 0 Å². The van der Waals surface area contributed by atoms with Crippen LogP contribution in [0.15, 0.2) is 18.2 Å². The smallest absolute Gasteiger partial charge is 0.319 e. The van der Waals surface area contributed by atoms with Gasteiger partial charge in [0, 0.05) is 38.9 Å². The number of anilines is 2. The van der Waals surface area contributed by atoms with Gasteiger partial charge in [0.1, 0.15) is 5.82 Å². The van der Waals surface area contributed by atoms with Gasteiger partial charge in [-0.1, -0.05) is 0 Å². The van der Waals surface area contributed by atoms with Crippen molar-refractivity contribution in [2.45, 2.75) is 39.4 Å². The van der Waals surface area contributed by atoms with Gasteiger partial charge in [-0.25, -0.2) is 21.9 Å². The molecule has 1 aromatic rings. The van der Waals surface area contributed by atoms with Gasteiger partial charge >= 0.3 is 6.03 Å². The number of carbonyl (C=O) groups excluding carboxylic acids is 1. The SMILES string of the molecule is CCS(=O)(=O)N(C)CCCNC(=O)Nc1ccc(N2C[C@@H](C)O[C@@H](C)C2)c(F)c1. The summed E-state index contributed by atoms with van der Waals surface area (Å²) < 4.78 is 44.8. The first kappa shape index (κ1) is 23.4. The summed E-state index contributed by atoms with van der Waals surface area (Å²) in [5, 5.41) is 5.24. The number of urea groups is 1. The zero-order chi connectivity index (χ0) is 21.6. The van der Waals surface area contributed by atoms with E-state index in [1.807, 2.05) is 18.7 Å². The zero-order valence-corrected chi connectivity index (χ0v) is 18.3. The Hall–Kier alpha value is -1.91. The van der Waals surface area contributed by atoms with Crippen LogP contribution in [0.4, 0.5) is 20.6 Å². The molecule has 2 rings (SSSR count). The topological polar surface area (TPSA) is 91.0 Å². The van der Waals surface area contributed by atoms with Crippen LogP contribution in [0.2, 0.25) is 0 Å². The Labute approximate surface area is 172 Å². The van der Waals surface area contributed by atoms with E-state index in [1.54, 1.807) is 19.1 Å². The largest absolute Gasteiger partial charge is 0.372 e. The molecule has 0 aliphatic carbocycles. The highest BCUT2D eigenvalue weighted by Gasteiger charge is 2.24. The van der Waals surface area contributed by atoms with E-state index < -0.39 is 21.9 Å². The molecule has 10 heteroatoms. The number of nitrogens with one attached hydrogen (secondary N) is 2. The van der Waals surface area contributed by atoms with E-state index in [-0.39, 0.29) is 18.0 Å². The number of rotatable bonds is 8. The molecule has 0 unspecified atom stereocenters. The summed E-state index contributed by atoms with van der Waals surface area (Å²) in [4.78, 5) is 13.9. The first-order valence-corrected chi connectivity index (χ1v) is 11.4. The molecule has 1 aliphatic heterocycles. The zero-order valence-electron chi connectivity index (χ0n) is 17.4. The number of hydrogen-bond donors (Lipinski definition) is 2. The predicted molar refractivity (Wildman–Crippen MR) is 112 cm³/mol. The summed E-state index contributed by atoms with van der Waals surface area (Å²) in [6, 6.07) is 4.14. The molecule has 2 N–H and O–H groups in total. The average Bonchev–Trinajstić information content (AvgIpc) is 2.64. The normalized spacial score (nSPS) is 20.0. The molecule has 1 fully saturated rings. The standard InChI is InChI=1S/C19H31FN4O4S/c1-5-29(26,27)23(4)10-6-9-21-19(25)22-16-7-8-18(17(20)11-16)24-12-14(2)28-15(3)13-24/h7-8,11,14-15H,5-6,9-10,12-13H2,1-4H3,(H2,21,22,25)/t14-,15+. The lowest BCUT2D eigenvalue weighted by atomic mass is 10.2. The summed E-state index contributed by atoms with van der Waals surface area (Å²) in [6.07, 6.45) is 0.519. The number of carbonyl (C=O) groups is 1. The second-order valence-corrected chi connectivity index (χ2v) is 9.65. The molecule has 2 amide bonds. The lowest BCUT2D eigenvalue weighted by Gasteiger charge is -2.37. The van der Waals surface area contributed by atoms with E-state index in [0.29, 0.717) is 44.0 Å². The van der Waals surface area contributed by atoms with Crippen LogP contribution in [-0.2, 0) is 14.8 Å². The molecule has 1 heterocycles. The van der Waals surface area contributed by atoms with Gasteiger partial charge in [0.25, 0.3) is 0 Å². The van der Waals surface area contributed by atoms with Gasteiger partial charge in [-0.2, -0.15) is 0 Å². The number of ether oxygens (including phenoxy) is 1. The van der Waals surface area contributed by atoms with Crippen molar-refractivity contribution in [3.05, 3.63) is 24.0 Å². The molecular formula is C19H31FN4O4S. The minimum absolute atomic E-state index is 0.0214.